The first-order valence-electron chi connectivity index (χ1n) is 8.63. The number of carbonyl (C=O) groups excluding carboxylic acids is 1. The van der Waals surface area contributed by atoms with Gasteiger partial charge in [-0.1, -0.05) is 5.16 Å². The molecule has 1 fully saturated rings. The highest BCUT2D eigenvalue weighted by molar-refractivity contribution is 5.76. The zero-order valence-corrected chi connectivity index (χ0v) is 15.0. The number of amides is 1. The van der Waals surface area contributed by atoms with Crippen LogP contribution in [0.25, 0.3) is 0 Å². The number of pyridine rings is 1. The summed E-state index contributed by atoms with van der Waals surface area (Å²) in [5.74, 6) is 0.594. The number of rotatable bonds is 5. The Balaban J connectivity index is 1.53. The van der Waals surface area contributed by atoms with E-state index in [1.54, 1.807) is 4.90 Å². The van der Waals surface area contributed by atoms with E-state index in [4.69, 9.17) is 9.26 Å². The molecule has 0 bridgehead atoms. The molecule has 0 aromatic carbocycles. The zero-order valence-electron chi connectivity index (χ0n) is 15.0. The summed E-state index contributed by atoms with van der Waals surface area (Å²) in [4.78, 5) is 17.9. The maximum atomic E-state index is 12.8. The number of carbonyl (C=O) groups is 1. The molecule has 3 rings (SSSR count). The van der Waals surface area contributed by atoms with Gasteiger partial charge in [0.2, 0.25) is 11.8 Å². The lowest BCUT2D eigenvalue weighted by Gasteiger charge is -2.17. The monoisotopic (exact) mass is 383 g/mol. The molecular weight excluding hydrogens is 363 g/mol. The van der Waals surface area contributed by atoms with Crippen molar-refractivity contribution in [3.63, 3.8) is 0 Å². The van der Waals surface area contributed by atoms with Crippen molar-refractivity contribution in [1.29, 1.82) is 0 Å². The second-order valence-corrected chi connectivity index (χ2v) is 6.55. The summed E-state index contributed by atoms with van der Waals surface area (Å²) in [5.41, 5.74) is 0.903. The SMILES string of the molecule is Cc1noc(C)c1CCC(=O)N1CCC(Oc2cc(C(F)(F)F)ccn2)C1. The van der Waals surface area contributed by atoms with Crippen LogP contribution in [0.3, 0.4) is 0 Å². The van der Waals surface area contributed by atoms with Crippen molar-refractivity contribution in [3.05, 3.63) is 40.9 Å². The van der Waals surface area contributed by atoms with Crippen molar-refractivity contribution < 1.29 is 27.2 Å². The van der Waals surface area contributed by atoms with E-state index in [1.807, 2.05) is 13.8 Å². The van der Waals surface area contributed by atoms with Crippen LogP contribution in [0.5, 0.6) is 5.88 Å². The van der Waals surface area contributed by atoms with Crippen LogP contribution >= 0.6 is 0 Å². The molecule has 1 aliphatic heterocycles. The lowest BCUT2D eigenvalue weighted by molar-refractivity contribution is -0.137. The molecule has 0 radical (unpaired) electrons. The van der Waals surface area contributed by atoms with Gasteiger partial charge in [-0.25, -0.2) is 4.98 Å². The lowest BCUT2D eigenvalue weighted by Crippen LogP contribution is -2.31. The molecule has 1 saturated heterocycles. The van der Waals surface area contributed by atoms with Crippen LogP contribution in [0.1, 0.15) is 35.4 Å². The van der Waals surface area contributed by atoms with Crippen molar-refractivity contribution in [2.45, 2.75) is 45.4 Å². The van der Waals surface area contributed by atoms with Crippen LogP contribution in [0.15, 0.2) is 22.9 Å². The molecule has 0 aliphatic carbocycles. The minimum absolute atomic E-state index is 0.0295. The highest BCUT2D eigenvalue weighted by Gasteiger charge is 2.32. The van der Waals surface area contributed by atoms with Gasteiger partial charge in [-0.05, 0) is 26.3 Å². The molecule has 146 valence electrons. The van der Waals surface area contributed by atoms with E-state index in [1.165, 1.54) is 0 Å². The van der Waals surface area contributed by atoms with Gasteiger partial charge in [-0.15, -0.1) is 0 Å². The minimum Gasteiger partial charge on any atom is -0.472 e. The smallest absolute Gasteiger partial charge is 0.416 e. The van der Waals surface area contributed by atoms with Crippen molar-refractivity contribution in [2.75, 3.05) is 13.1 Å². The molecule has 1 amide bonds. The molecule has 27 heavy (non-hydrogen) atoms. The van der Waals surface area contributed by atoms with Gasteiger partial charge in [0.05, 0.1) is 17.8 Å². The Morgan fingerprint density at radius 1 is 1.41 bits per heavy atom. The number of halogens is 3. The Bertz CT molecular complexity index is 800. The number of aryl methyl sites for hydroxylation is 2. The average molecular weight is 383 g/mol. The molecule has 0 saturated carbocycles. The third-order valence-electron chi connectivity index (χ3n) is 4.62. The van der Waals surface area contributed by atoms with Crippen molar-refractivity contribution >= 4 is 5.91 Å². The standard InChI is InChI=1S/C18H20F3N3O3/c1-11-15(12(2)27-23-11)3-4-17(25)24-8-6-14(10-24)26-16-9-13(5-7-22-16)18(19,20)21/h5,7,9,14H,3-4,6,8,10H2,1-2H3. The minimum atomic E-state index is -4.45. The first-order chi connectivity index (χ1) is 12.7. The summed E-state index contributed by atoms with van der Waals surface area (Å²) < 4.78 is 48.9. The molecule has 2 aromatic rings. The van der Waals surface area contributed by atoms with Crippen LogP contribution in [0, 0.1) is 13.8 Å². The van der Waals surface area contributed by atoms with Crippen LogP contribution in [0.4, 0.5) is 13.2 Å². The van der Waals surface area contributed by atoms with Gasteiger partial charge in [0.1, 0.15) is 11.9 Å². The molecule has 2 aromatic heterocycles. The molecule has 1 unspecified atom stereocenters. The van der Waals surface area contributed by atoms with E-state index in [2.05, 4.69) is 10.1 Å². The van der Waals surface area contributed by atoms with Crippen LogP contribution in [0.2, 0.25) is 0 Å². The Morgan fingerprint density at radius 2 is 2.19 bits per heavy atom. The largest absolute Gasteiger partial charge is 0.472 e. The van der Waals surface area contributed by atoms with E-state index < -0.39 is 11.7 Å². The van der Waals surface area contributed by atoms with E-state index in [0.29, 0.717) is 38.1 Å². The van der Waals surface area contributed by atoms with Gasteiger partial charge in [-0.3, -0.25) is 4.79 Å². The molecule has 0 N–H and O–H groups in total. The van der Waals surface area contributed by atoms with Gasteiger partial charge in [0.25, 0.3) is 0 Å². The zero-order chi connectivity index (χ0) is 19.6. The normalized spacial score (nSPS) is 17.4. The molecule has 3 heterocycles. The maximum Gasteiger partial charge on any atom is 0.416 e. The first-order valence-corrected chi connectivity index (χ1v) is 8.63. The van der Waals surface area contributed by atoms with Crippen LogP contribution in [-0.2, 0) is 17.4 Å². The predicted octanol–water partition coefficient (Wildman–Crippen LogP) is 3.32. The molecule has 1 atom stereocenters. The van der Waals surface area contributed by atoms with E-state index in [9.17, 15) is 18.0 Å². The summed E-state index contributed by atoms with van der Waals surface area (Å²) in [7, 11) is 0. The van der Waals surface area contributed by atoms with Gasteiger partial charge in [-0.2, -0.15) is 13.2 Å². The number of hydrogen-bond acceptors (Lipinski definition) is 5. The second kappa shape index (κ2) is 7.58. The molecule has 0 spiro atoms. The summed E-state index contributed by atoms with van der Waals surface area (Å²) in [5, 5.41) is 3.87. The molecule has 9 heteroatoms. The van der Waals surface area contributed by atoms with Gasteiger partial charge in [0, 0.05) is 37.2 Å². The average Bonchev–Trinajstić information content (AvgIpc) is 3.20. The highest BCUT2D eigenvalue weighted by Crippen LogP contribution is 2.31. The fourth-order valence-electron chi connectivity index (χ4n) is 3.12. The summed E-state index contributed by atoms with van der Waals surface area (Å²) in [6.07, 6.45) is -2.34. The second-order valence-electron chi connectivity index (χ2n) is 6.55. The van der Waals surface area contributed by atoms with E-state index in [0.717, 1.165) is 29.6 Å². The maximum absolute atomic E-state index is 12.8. The number of hydrogen-bond donors (Lipinski definition) is 0. The third-order valence-corrected chi connectivity index (χ3v) is 4.62. The Morgan fingerprint density at radius 3 is 2.85 bits per heavy atom. The Kier molecular flexibility index (Phi) is 5.38. The van der Waals surface area contributed by atoms with Crippen LogP contribution < -0.4 is 4.74 Å². The highest BCUT2D eigenvalue weighted by atomic mass is 19.4. The predicted molar refractivity (Wildman–Crippen MR) is 89.2 cm³/mol. The number of nitrogens with zero attached hydrogens (tertiary/aromatic N) is 3. The van der Waals surface area contributed by atoms with Crippen LogP contribution in [-0.4, -0.2) is 40.1 Å². The molecule has 6 nitrogen and oxygen atoms in total. The number of ether oxygens (including phenoxy) is 1. The van der Waals surface area contributed by atoms with Gasteiger partial charge in [0.15, 0.2) is 0 Å². The quantitative estimate of drug-likeness (QED) is 0.792. The Hall–Kier alpha value is -2.58. The fourth-order valence-corrected chi connectivity index (χ4v) is 3.12. The van der Waals surface area contributed by atoms with Crippen molar-refractivity contribution in [3.8, 4) is 5.88 Å². The summed E-state index contributed by atoms with van der Waals surface area (Å²) >= 11 is 0. The third kappa shape index (κ3) is 4.58. The number of alkyl halides is 3. The van der Waals surface area contributed by atoms with Gasteiger partial charge >= 0.3 is 6.18 Å². The van der Waals surface area contributed by atoms with E-state index in [-0.39, 0.29) is 17.9 Å². The van der Waals surface area contributed by atoms with Crippen molar-refractivity contribution in [2.24, 2.45) is 0 Å². The molecular formula is C18H20F3N3O3. The van der Waals surface area contributed by atoms with Gasteiger partial charge < -0.3 is 14.2 Å². The summed E-state index contributed by atoms with van der Waals surface area (Å²) in [6.45, 7) is 4.47. The number of likely N-dealkylation sites (tertiary alicyclic amines) is 1. The first kappa shape index (κ1) is 19.2. The Labute approximate surface area is 154 Å². The fraction of sp³-hybridized carbons (Fsp3) is 0.500. The van der Waals surface area contributed by atoms with E-state index >= 15 is 0 Å². The number of aromatic nitrogens is 2. The van der Waals surface area contributed by atoms with Crippen molar-refractivity contribution in [1.82, 2.24) is 15.0 Å². The molecule has 1 aliphatic rings. The topological polar surface area (TPSA) is 68.5 Å². The summed E-state index contributed by atoms with van der Waals surface area (Å²) in [6, 6.07) is 1.77. The lowest BCUT2D eigenvalue weighted by atomic mass is 10.1.